The smallest absolute Gasteiger partial charge is 0.173 e. The summed E-state index contributed by atoms with van der Waals surface area (Å²) in [5.74, 6) is 1.32. The topological polar surface area (TPSA) is 78.8 Å². The zero-order chi connectivity index (χ0) is 12.4. The van der Waals surface area contributed by atoms with Crippen molar-refractivity contribution < 1.29 is 4.74 Å². The lowest BCUT2D eigenvalue weighted by atomic mass is 10.3. The summed E-state index contributed by atoms with van der Waals surface area (Å²) in [6.07, 6.45) is 0. The molecule has 1 atom stereocenters. The number of methoxy groups -OCH3 is 1. The second-order valence-electron chi connectivity index (χ2n) is 3.56. The van der Waals surface area contributed by atoms with Gasteiger partial charge < -0.3 is 10.5 Å². The predicted octanol–water partition coefficient (Wildman–Crippen LogP) is 1.45. The van der Waals surface area contributed by atoms with Gasteiger partial charge in [0.25, 0.3) is 0 Å². The highest BCUT2D eigenvalue weighted by atomic mass is 79.9. The fraction of sp³-hybridized carbons (Fsp3) is 0.300. The molecule has 1 heterocycles. The average molecular weight is 298 g/mol. The van der Waals surface area contributed by atoms with Gasteiger partial charge in [0.2, 0.25) is 0 Å². The van der Waals surface area contributed by atoms with Crippen molar-refractivity contribution in [2.24, 2.45) is 5.73 Å². The number of tetrazole rings is 1. The van der Waals surface area contributed by atoms with E-state index in [-0.39, 0.29) is 6.04 Å². The van der Waals surface area contributed by atoms with Gasteiger partial charge in [-0.05, 0) is 45.4 Å². The van der Waals surface area contributed by atoms with Gasteiger partial charge in [-0.2, -0.15) is 4.68 Å². The number of ether oxygens (including phenoxy) is 1. The maximum atomic E-state index is 5.79. The van der Waals surface area contributed by atoms with E-state index in [4.69, 9.17) is 10.5 Å². The molecule has 0 amide bonds. The van der Waals surface area contributed by atoms with Gasteiger partial charge in [-0.1, -0.05) is 0 Å². The first kappa shape index (κ1) is 12.0. The molecule has 6 nitrogen and oxygen atoms in total. The Bertz CT molecular complexity index is 525. The Kier molecular flexibility index (Phi) is 3.39. The number of aromatic nitrogens is 4. The van der Waals surface area contributed by atoms with Crippen LogP contribution in [0.15, 0.2) is 22.7 Å². The van der Waals surface area contributed by atoms with Crippen LogP contribution in [0.4, 0.5) is 0 Å². The van der Waals surface area contributed by atoms with E-state index >= 15 is 0 Å². The lowest BCUT2D eigenvalue weighted by molar-refractivity contribution is 0.411. The van der Waals surface area contributed by atoms with Crippen LogP contribution in [0.5, 0.6) is 5.75 Å². The monoisotopic (exact) mass is 297 g/mol. The second-order valence-corrected chi connectivity index (χ2v) is 4.41. The van der Waals surface area contributed by atoms with Crippen LogP contribution in [-0.4, -0.2) is 27.3 Å². The SMILES string of the molecule is COc1cc(-n2nnnc2C(C)N)ccc1Br. The minimum absolute atomic E-state index is 0.236. The highest BCUT2D eigenvalue weighted by Gasteiger charge is 2.13. The van der Waals surface area contributed by atoms with Crippen molar-refractivity contribution in [1.29, 1.82) is 0 Å². The molecule has 90 valence electrons. The van der Waals surface area contributed by atoms with Gasteiger partial charge in [0, 0.05) is 6.07 Å². The van der Waals surface area contributed by atoms with Crippen molar-refractivity contribution in [2.75, 3.05) is 7.11 Å². The van der Waals surface area contributed by atoms with E-state index in [0.717, 1.165) is 10.2 Å². The first-order chi connectivity index (χ1) is 8.13. The van der Waals surface area contributed by atoms with Crippen LogP contribution < -0.4 is 10.5 Å². The van der Waals surface area contributed by atoms with Gasteiger partial charge in [0.15, 0.2) is 5.82 Å². The van der Waals surface area contributed by atoms with E-state index < -0.39 is 0 Å². The van der Waals surface area contributed by atoms with Crippen LogP contribution >= 0.6 is 15.9 Å². The van der Waals surface area contributed by atoms with Crippen LogP contribution in [0.2, 0.25) is 0 Å². The predicted molar refractivity (Wildman–Crippen MR) is 66.0 cm³/mol. The zero-order valence-electron chi connectivity index (χ0n) is 9.46. The number of nitrogens with two attached hydrogens (primary N) is 1. The molecule has 0 spiro atoms. The molecule has 0 aliphatic carbocycles. The third kappa shape index (κ3) is 2.29. The molecule has 0 saturated heterocycles. The largest absolute Gasteiger partial charge is 0.495 e. The number of hydrogen-bond donors (Lipinski definition) is 1. The molecule has 1 aromatic heterocycles. The Balaban J connectivity index is 2.49. The second kappa shape index (κ2) is 4.80. The minimum Gasteiger partial charge on any atom is -0.495 e. The van der Waals surface area contributed by atoms with Crippen molar-refractivity contribution in [1.82, 2.24) is 20.2 Å². The standard InChI is InChI=1S/C10H12BrN5O/c1-6(12)10-13-14-15-16(10)7-3-4-8(11)9(5-7)17-2/h3-6H,12H2,1-2H3. The highest BCUT2D eigenvalue weighted by Crippen LogP contribution is 2.27. The Morgan fingerprint density at radius 1 is 1.47 bits per heavy atom. The molecule has 0 fully saturated rings. The molecule has 0 radical (unpaired) electrons. The van der Waals surface area contributed by atoms with Crippen LogP contribution in [-0.2, 0) is 0 Å². The lowest BCUT2D eigenvalue weighted by Gasteiger charge is -2.09. The van der Waals surface area contributed by atoms with E-state index in [2.05, 4.69) is 31.5 Å². The van der Waals surface area contributed by atoms with Gasteiger partial charge in [-0.25, -0.2) is 0 Å². The van der Waals surface area contributed by atoms with E-state index in [1.165, 1.54) is 0 Å². The molecular weight excluding hydrogens is 286 g/mol. The normalized spacial score (nSPS) is 12.5. The zero-order valence-corrected chi connectivity index (χ0v) is 11.0. The summed E-state index contributed by atoms with van der Waals surface area (Å²) < 4.78 is 7.70. The van der Waals surface area contributed by atoms with Gasteiger partial charge in [-0.15, -0.1) is 5.10 Å². The molecule has 0 bridgehead atoms. The van der Waals surface area contributed by atoms with Crippen molar-refractivity contribution in [3.05, 3.63) is 28.5 Å². The summed E-state index contributed by atoms with van der Waals surface area (Å²) in [4.78, 5) is 0. The van der Waals surface area contributed by atoms with E-state index in [1.807, 2.05) is 25.1 Å². The van der Waals surface area contributed by atoms with Crippen LogP contribution in [0.25, 0.3) is 5.69 Å². The minimum atomic E-state index is -0.236. The summed E-state index contributed by atoms with van der Waals surface area (Å²) in [6.45, 7) is 1.83. The molecule has 17 heavy (non-hydrogen) atoms. The van der Waals surface area contributed by atoms with Gasteiger partial charge in [0.05, 0.1) is 23.3 Å². The Labute approximate surface area is 107 Å². The molecule has 1 aromatic carbocycles. The number of hydrogen-bond acceptors (Lipinski definition) is 5. The van der Waals surface area contributed by atoms with Gasteiger partial charge in [0.1, 0.15) is 5.75 Å². The van der Waals surface area contributed by atoms with Crippen molar-refractivity contribution in [3.8, 4) is 11.4 Å². The Hall–Kier alpha value is -1.47. The summed E-state index contributed by atoms with van der Waals surface area (Å²) in [7, 11) is 1.61. The Morgan fingerprint density at radius 2 is 2.24 bits per heavy atom. The average Bonchev–Trinajstić information content (AvgIpc) is 2.78. The van der Waals surface area contributed by atoms with Crippen molar-refractivity contribution in [3.63, 3.8) is 0 Å². The van der Waals surface area contributed by atoms with E-state index in [0.29, 0.717) is 11.6 Å². The maximum absolute atomic E-state index is 5.79. The molecule has 2 aromatic rings. The maximum Gasteiger partial charge on any atom is 0.173 e. The molecule has 0 aliphatic heterocycles. The first-order valence-electron chi connectivity index (χ1n) is 5.01. The van der Waals surface area contributed by atoms with Crippen molar-refractivity contribution in [2.45, 2.75) is 13.0 Å². The summed E-state index contributed by atoms with van der Waals surface area (Å²) in [5.41, 5.74) is 6.60. The van der Waals surface area contributed by atoms with Crippen LogP contribution in [0.3, 0.4) is 0 Å². The molecular formula is C10H12BrN5O. The fourth-order valence-electron chi connectivity index (χ4n) is 1.44. The summed E-state index contributed by atoms with van der Waals surface area (Å²) in [5, 5.41) is 11.4. The first-order valence-corrected chi connectivity index (χ1v) is 5.80. The lowest BCUT2D eigenvalue weighted by Crippen LogP contribution is -2.13. The molecule has 7 heteroatoms. The van der Waals surface area contributed by atoms with E-state index in [1.54, 1.807) is 11.8 Å². The number of rotatable bonds is 3. The summed E-state index contributed by atoms with van der Waals surface area (Å²) in [6, 6.07) is 5.36. The Morgan fingerprint density at radius 3 is 2.88 bits per heavy atom. The molecule has 2 N–H and O–H groups in total. The van der Waals surface area contributed by atoms with Crippen LogP contribution in [0.1, 0.15) is 18.8 Å². The molecule has 2 rings (SSSR count). The summed E-state index contributed by atoms with van der Waals surface area (Å²) >= 11 is 3.39. The van der Waals surface area contributed by atoms with Gasteiger partial charge >= 0.3 is 0 Å². The number of halogens is 1. The highest BCUT2D eigenvalue weighted by molar-refractivity contribution is 9.10. The van der Waals surface area contributed by atoms with Crippen LogP contribution in [0, 0.1) is 0 Å². The third-order valence-electron chi connectivity index (χ3n) is 2.28. The van der Waals surface area contributed by atoms with Crippen molar-refractivity contribution >= 4 is 15.9 Å². The molecule has 0 aliphatic rings. The fourth-order valence-corrected chi connectivity index (χ4v) is 1.85. The van der Waals surface area contributed by atoms with Gasteiger partial charge in [-0.3, -0.25) is 0 Å². The molecule has 1 unspecified atom stereocenters. The third-order valence-corrected chi connectivity index (χ3v) is 2.94. The quantitative estimate of drug-likeness (QED) is 0.928. The molecule has 0 saturated carbocycles. The number of benzene rings is 1. The number of nitrogens with zero attached hydrogens (tertiary/aromatic N) is 4. The van der Waals surface area contributed by atoms with E-state index in [9.17, 15) is 0 Å².